The van der Waals surface area contributed by atoms with Crippen LogP contribution in [0.3, 0.4) is 0 Å². The van der Waals surface area contributed by atoms with Gasteiger partial charge >= 0.3 is 0 Å². The van der Waals surface area contributed by atoms with E-state index in [0.717, 1.165) is 23.4 Å². The number of hydrogen-bond acceptors (Lipinski definition) is 5. The standard InChI is InChI=1S/C18H21N7O/c1-26-15-7-5-13(6-8-15)17-23-16(24-25-17)12-22-18(19)21-11-9-14-4-2-3-10-20-14/h2-8,10H,9,11-12H2,1H3,(H3,19,21,22)(H,23,24,25). The fraction of sp³-hybridized carbons (Fsp3) is 0.222. The monoisotopic (exact) mass is 351 g/mol. The summed E-state index contributed by atoms with van der Waals surface area (Å²) in [4.78, 5) is 13.0. The number of benzene rings is 1. The van der Waals surface area contributed by atoms with Crippen LogP contribution in [-0.2, 0) is 13.0 Å². The third-order valence-corrected chi connectivity index (χ3v) is 3.69. The molecule has 0 aliphatic carbocycles. The largest absolute Gasteiger partial charge is 0.497 e. The molecular weight excluding hydrogens is 330 g/mol. The molecule has 134 valence electrons. The molecule has 0 amide bonds. The first-order valence-electron chi connectivity index (χ1n) is 8.24. The Bertz CT molecular complexity index is 843. The van der Waals surface area contributed by atoms with Crippen molar-refractivity contribution in [2.45, 2.75) is 13.0 Å². The van der Waals surface area contributed by atoms with E-state index in [1.807, 2.05) is 42.5 Å². The summed E-state index contributed by atoms with van der Waals surface area (Å²) in [6.07, 6.45) is 2.55. The van der Waals surface area contributed by atoms with Gasteiger partial charge in [-0.1, -0.05) is 6.07 Å². The smallest absolute Gasteiger partial charge is 0.189 e. The van der Waals surface area contributed by atoms with Gasteiger partial charge in [0.05, 0.1) is 7.11 Å². The zero-order chi connectivity index (χ0) is 18.2. The number of H-pyrrole nitrogens is 1. The first kappa shape index (κ1) is 17.4. The fourth-order valence-electron chi connectivity index (χ4n) is 2.32. The minimum absolute atomic E-state index is 0.325. The predicted molar refractivity (Wildman–Crippen MR) is 99.6 cm³/mol. The summed E-state index contributed by atoms with van der Waals surface area (Å²) in [6, 6.07) is 13.4. The van der Waals surface area contributed by atoms with Gasteiger partial charge in [0.2, 0.25) is 0 Å². The average Bonchev–Trinajstić information content (AvgIpc) is 3.16. The van der Waals surface area contributed by atoms with Crippen LogP contribution in [0.4, 0.5) is 0 Å². The maximum Gasteiger partial charge on any atom is 0.189 e. The maximum absolute atomic E-state index is 5.88. The molecule has 0 unspecified atom stereocenters. The first-order chi connectivity index (χ1) is 12.7. The first-order valence-corrected chi connectivity index (χ1v) is 8.24. The number of guanidine groups is 1. The van der Waals surface area contributed by atoms with Crippen molar-refractivity contribution in [1.82, 2.24) is 25.5 Å². The Labute approximate surface area is 151 Å². The quantitative estimate of drug-likeness (QED) is 0.439. The van der Waals surface area contributed by atoms with E-state index >= 15 is 0 Å². The van der Waals surface area contributed by atoms with E-state index in [0.29, 0.717) is 30.7 Å². The highest BCUT2D eigenvalue weighted by atomic mass is 16.5. The molecule has 0 spiro atoms. The van der Waals surface area contributed by atoms with E-state index in [-0.39, 0.29) is 0 Å². The molecule has 2 heterocycles. The second kappa shape index (κ2) is 8.61. The van der Waals surface area contributed by atoms with E-state index in [1.165, 1.54) is 0 Å². The van der Waals surface area contributed by atoms with Crippen molar-refractivity contribution in [3.8, 4) is 17.1 Å². The van der Waals surface area contributed by atoms with Crippen LogP contribution in [0.5, 0.6) is 5.75 Å². The second-order valence-electron chi connectivity index (χ2n) is 5.53. The lowest BCUT2D eigenvalue weighted by Crippen LogP contribution is -2.33. The number of ether oxygens (including phenoxy) is 1. The van der Waals surface area contributed by atoms with Gasteiger partial charge in [-0.05, 0) is 36.4 Å². The number of aromatic nitrogens is 4. The van der Waals surface area contributed by atoms with E-state index in [4.69, 9.17) is 10.5 Å². The SMILES string of the molecule is COc1ccc(-c2n[nH]c(CN=C(N)NCCc3ccccn3)n2)cc1. The molecule has 0 fully saturated rings. The molecule has 0 radical (unpaired) electrons. The molecule has 0 saturated heterocycles. The van der Waals surface area contributed by atoms with Crippen molar-refractivity contribution in [1.29, 1.82) is 0 Å². The lowest BCUT2D eigenvalue weighted by molar-refractivity contribution is 0.415. The molecule has 0 aliphatic heterocycles. The van der Waals surface area contributed by atoms with Gasteiger partial charge in [-0.25, -0.2) is 9.98 Å². The Hall–Kier alpha value is -3.42. The normalized spacial score (nSPS) is 11.3. The number of nitrogens with two attached hydrogens (primary N) is 1. The van der Waals surface area contributed by atoms with Gasteiger partial charge in [0.25, 0.3) is 0 Å². The van der Waals surface area contributed by atoms with Crippen LogP contribution in [0.25, 0.3) is 11.4 Å². The van der Waals surface area contributed by atoms with Crippen LogP contribution in [0.1, 0.15) is 11.5 Å². The number of rotatable bonds is 7. The highest BCUT2D eigenvalue weighted by Gasteiger charge is 2.06. The third-order valence-electron chi connectivity index (χ3n) is 3.69. The van der Waals surface area contributed by atoms with Crippen LogP contribution >= 0.6 is 0 Å². The number of aromatic amines is 1. The van der Waals surface area contributed by atoms with Crippen molar-refractivity contribution >= 4 is 5.96 Å². The van der Waals surface area contributed by atoms with Crippen LogP contribution in [0.2, 0.25) is 0 Å². The molecule has 3 aromatic rings. The van der Waals surface area contributed by atoms with Gasteiger partial charge in [-0.15, -0.1) is 0 Å². The van der Waals surface area contributed by atoms with Gasteiger partial charge in [-0.3, -0.25) is 10.1 Å². The minimum Gasteiger partial charge on any atom is -0.497 e. The number of methoxy groups -OCH3 is 1. The topological polar surface area (TPSA) is 114 Å². The van der Waals surface area contributed by atoms with Crippen molar-refractivity contribution in [3.63, 3.8) is 0 Å². The molecule has 0 saturated carbocycles. The van der Waals surface area contributed by atoms with E-state index < -0.39 is 0 Å². The summed E-state index contributed by atoms with van der Waals surface area (Å²) in [7, 11) is 1.63. The molecule has 8 heteroatoms. The van der Waals surface area contributed by atoms with Gasteiger partial charge in [0, 0.05) is 30.4 Å². The van der Waals surface area contributed by atoms with E-state index in [1.54, 1.807) is 13.3 Å². The van der Waals surface area contributed by atoms with Crippen molar-refractivity contribution in [2.24, 2.45) is 10.7 Å². The third kappa shape index (κ3) is 4.79. The highest BCUT2D eigenvalue weighted by molar-refractivity contribution is 5.77. The molecule has 0 bridgehead atoms. The second-order valence-corrected chi connectivity index (χ2v) is 5.53. The summed E-state index contributed by atoms with van der Waals surface area (Å²) in [5.74, 6) is 2.41. The zero-order valence-corrected chi connectivity index (χ0v) is 14.5. The number of pyridine rings is 1. The summed E-state index contributed by atoms with van der Waals surface area (Å²) in [6.45, 7) is 0.991. The van der Waals surface area contributed by atoms with Crippen molar-refractivity contribution in [2.75, 3.05) is 13.7 Å². The van der Waals surface area contributed by atoms with E-state index in [9.17, 15) is 0 Å². The summed E-state index contributed by atoms with van der Waals surface area (Å²) < 4.78 is 5.14. The Balaban J connectivity index is 1.50. The van der Waals surface area contributed by atoms with Gasteiger partial charge < -0.3 is 15.8 Å². The Morgan fingerprint density at radius 1 is 1.23 bits per heavy atom. The summed E-state index contributed by atoms with van der Waals surface area (Å²) in [5.41, 5.74) is 7.79. The lowest BCUT2D eigenvalue weighted by Gasteiger charge is -2.04. The predicted octanol–water partition coefficient (Wildman–Crippen LogP) is 1.52. The average molecular weight is 351 g/mol. The van der Waals surface area contributed by atoms with Gasteiger partial charge in [0.1, 0.15) is 18.1 Å². The molecular formula is C18H21N7O. The molecule has 2 aromatic heterocycles. The van der Waals surface area contributed by atoms with Crippen molar-refractivity contribution in [3.05, 3.63) is 60.2 Å². The summed E-state index contributed by atoms with van der Waals surface area (Å²) in [5, 5.41) is 10.1. The van der Waals surface area contributed by atoms with Gasteiger partial charge in [0.15, 0.2) is 11.8 Å². The molecule has 0 atom stereocenters. The summed E-state index contributed by atoms with van der Waals surface area (Å²) >= 11 is 0. The molecule has 1 aromatic carbocycles. The Morgan fingerprint density at radius 3 is 2.81 bits per heavy atom. The van der Waals surface area contributed by atoms with Crippen LogP contribution < -0.4 is 15.8 Å². The molecule has 26 heavy (non-hydrogen) atoms. The van der Waals surface area contributed by atoms with Crippen LogP contribution in [-0.4, -0.2) is 39.8 Å². The Kier molecular flexibility index (Phi) is 5.76. The van der Waals surface area contributed by atoms with Crippen LogP contribution in [0.15, 0.2) is 53.7 Å². The Morgan fingerprint density at radius 2 is 2.08 bits per heavy atom. The van der Waals surface area contributed by atoms with Crippen molar-refractivity contribution < 1.29 is 4.74 Å². The zero-order valence-electron chi connectivity index (χ0n) is 14.5. The van der Waals surface area contributed by atoms with E-state index in [2.05, 4.69) is 30.5 Å². The number of hydrogen-bond donors (Lipinski definition) is 3. The fourth-order valence-corrected chi connectivity index (χ4v) is 2.32. The minimum atomic E-state index is 0.325. The number of nitrogens with one attached hydrogen (secondary N) is 2. The number of nitrogens with zero attached hydrogens (tertiary/aromatic N) is 4. The molecule has 4 N–H and O–H groups in total. The maximum atomic E-state index is 5.88. The highest BCUT2D eigenvalue weighted by Crippen LogP contribution is 2.18. The lowest BCUT2D eigenvalue weighted by atomic mass is 10.2. The number of aliphatic imine (C=N–C) groups is 1. The van der Waals surface area contributed by atoms with Gasteiger partial charge in [-0.2, -0.15) is 5.10 Å². The molecule has 0 aliphatic rings. The van der Waals surface area contributed by atoms with Crippen LogP contribution in [0, 0.1) is 0 Å². The molecule has 3 rings (SSSR count). The molecule has 8 nitrogen and oxygen atoms in total.